The van der Waals surface area contributed by atoms with E-state index in [1.807, 2.05) is 6.92 Å². The van der Waals surface area contributed by atoms with Crippen LogP contribution in [0.25, 0.3) is 0 Å². The molecule has 1 fully saturated rings. The summed E-state index contributed by atoms with van der Waals surface area (Å²) < 4.78 is 23.6. The summed E-state index contributed by atoms with van der Waals surface area (Å²) in [7, 11) is -2.84. The lowest BCUT2D eigenvalue weighted by Crippen LogP contribution is -2.38. The fraction of sp³-hybridized carbons (Fsp3) is 1.00. The minimum absolute atomic E-state index is 0.325. The summed E-state index contributed by atoms with van der Waals surface area (Å²) in [6, 6.07) is 0. The summed E-state index contributed by atoms with van der Waals surface area (Å²) in [6.45, 7) is 9.10. The molecule has 114 valence electrons. The molecule has 0 saturated carbocycles. The minimum atomic E-state index is -2.84. The molecule has 1 N–H and O–H groups in total. The third-order valence-corrected chi connectivity index (χ3v) is 5.58. The Kier molecular flexibility index (Phi) is 7.95. The molecule has 4 nitrogen and oxygen atoms in total. The standard InChI is InChI=1S/C14H30N2O2S/c1-3-9-16(10-12-19(17,18)11-4-2)13-14-5-7-15-8-6-14/h14-15H,3-13H2,1-2H3. The van der Waals surface area contributed by atoms with Gasteiger partial charge in [-0.15, -0.1) is 0 Å². The Morgan fingerprint density at radius 1 is 1.05 bits per heavy atom. The maximum Gasteiger partial charge on any atom is 0.151 e. The molecular weight excluding hydrogens is 260 g/mol. The molecule has 19 heavy (non-hydrogen) atoms. The molecule has 5 heteroatoms. The Balaban J connectivity index is 2.38. The van der Waals surface area contributed by atoms with E-state index >= 15 is 0 Å². The molecule has 0 aromatic heterocycles. The van der Waals surface area contributed by atoms with Gasteiger partial charge in [-0.3, -0.25) is 0 Å². The molecule has 0 amide bonds. The second kappa shape index (κ2) is 8.93. The highest BCUT2D eigenvalue weighted by molar-refractivity contribution is 7.91. The number of rotatable bonds is 9. The van der Waals surface area contributed by atoms with Crippen LogP contribution in [0.3, 0.4) is 0 Å². The van der Waals surface area contributed by atoms with Crippen LogP contribution in [-0.4, -0.2) is 57.5 Å². The van der Waals surface area contributed by atoms with Crippen molar-refractivity contribution >= 4 is 9.84 Å². The molecular formula is C14H30N2O2S. The van der Waals surface area contributed by atoms with Crippen LogP contribution < -0.4 is 5.32 Å². The summed E-state index contributed by atoms with van der Waals surface area (Å²) in [5.41, 5.74) is 0. The van der Waals surface area contributed by atoms with Gasteiger partial charge in [-0.2, -0.15) is 0 Å². The maximum atomic E-state index is 11.8. The number of nitrogens with zero attached hydrogens (tertiary/aromatic N) is 1. The van der Waals surface area contributed by atoms with Crippen LogP contribution in [0.5, 0.6) is 0 Å². The Hall–Kier alpha value is -0.130. The first-order valence-electron chi connectivity index (χ1n) is 7.71. The summed E-state index contributed by atoms with van der Waals surface area (Å²) in [5.74, 6) is 1.40. The fourth-order valence-electron chi connectivity index (χ4n) is 2.72. The lowest BCUT2D eigenvalue weighted by atomic mass is 9.97. The van der Waals surface area contributed by atoms with Gasteiger partial charge < -0.3 is 10.2 Å². The van der Waals surface area contributed by atoms with Crippen molar-refractivity contribution < 1.29 is 8.42 Å². The molecule has 0 unspecified atom stereocenters. The van der Waals surface area contributed by atoms with Gasteiger partial charge >= 0.3 is 0 Å². The van der Waals surface area contributed by atoms with E-state index in [1.165, 1.54) is 12.8 Å². The molecule has 0 radical (unpaired) electrons. The fourth-order valence-corrected chi connectivity index (χ4v) is 4.08. The molecule has 1 aliphatic heterocycles. The molecule has 0 aromatic rings. The van der Waals surface area contributed by atoms with Crippen molar-refractivity contribution in [2.75, 3.05) is 44.2 Å². The van der Waals surface area contributed by atoms with Crippen LogP contribution in [0.15, 0.2) is 0 Å². The van der Waals surface area contributed by atoms with E-state index in [4.69, 9.17) is 0 Å². The summed E-state index contributed by atoms with van der Waals surface area (Å²) in [6.07, 6.45) is 4.27. The Bertz CT molecular complexity index is 324. The smallest absolute Gasteiger partial charge is 0.151 e. The average Bonchev–Trinajstić information content (AvgIpc) is 2.37. The van der Waals surface area contributed by atoms with E-state index in [-0.39, 0.29) is 0 Å². The van der Waals surface area contributed by atoms with Gasteiger partial charge in [0.25, 0.3) is 0 Å². The van der Waals surface area contributed by atoms with Gasteiger partial charge in [-0.1, -0.05) is 13.8 Å². The molecule has 0 aliphatic carbocycles. The molecule has 1 heterocycles. The highest BCUT2D eigenvalue weighted by Gasteiger charge is 2.18. The summed E-state index contributed by atoms with van der Waals surface area (Å²) >= 11 is 0. The number of sulfone groups is 1. The quantitative estimate of drug-likeness (QED) is 0.699. The Morgan fingerprint density at radius 3 is 2.32 bits per heavy atom. The van der Waals surface area contributed by atoms with Gasteiger partial charge in [-0.05, 0) is 51.2 Å². The maximum absolute atomic E-state index is 11.8. The monoisotopic (exact) mass is 290 g/mol. The van der Waals surface area contributed by atoms with E-state index in [9.17, 15) is 8.42 Å². The molecule has 0 bridgehead atoms. The summed E-state index contributed by atoms with van der Waals surface area (Å²) in [4.78, 5) is 2.35. The zero-order chi connectivity index (χ0) is 14.1. The van der Waals surface area contributed by atoms with Gasteiger partial charge in [-0.25, -0.2) is 8.42 Å². The van der Waals surface area contributed by atoms with E-state index in [0.717, 1.165) is 44.9 Å². The Labute approximate surface area is 118 Å². The largest absolute Gasteiger partial charge is 0.317 e. The first kappa shape index (κ1) is 16.9. The molecule has 0 aromatic carbocycles. The van der Waals surface area contributed by atoms with Crippen molar-refractivity contribution in [1.82, 2.24) is 10.2 Å². The third kappa shape index (κ3) is 7.28. The number of hydrogen-bond acceptors (Lipinski definition) is 4. The van der Waals surface area contributed by atoms with Crippen molar-refractivity contribution in [3.63, 3.8) is 0 Å². The van der Waals surface area contributed by atoms with E-state index < -0.39 is 9.84 Å². The lowest BCUT2D eigenvalue weighted by Gasteiger charge is -2.29. The van der Waals surface area contributed by atoms with Crippen molar-refractivity contribution in [1.29, 1.82) is 0 Å². The zero-order valence-corrected chi connectivity index (χ0v) is 13.3. The topological polar surface area (TPSA) is 49.4 Å². The SMILES string of the molecule is CCCN(CCS(=O)(=O)CCC)CC1CCNCC1. The van der Waals surface area contributed by atoms with Crippen molar-refractivity contribution in [2.45, 2.75) is 39.5 Å². The van der Waals surface area contributed by atoms with Crippen molar-refractivity contribution in [3.05, 3.63) is 0 Å². The van der Waals surface area contributed by atoms with Crippen LogP contribution in [0.4, 0.5) is 0 Å². The average molecular weight is 290 g/mol. The Morgan fingerprint density at radius 2 is 1.74 bits per heavy atom. The van der Waals surface area contributed by atoms with Crippen LogP contribution in [0.2, 0.25) is 0 Å². The highest BCUT2D eigenvalue weighted by Crippen LogP contribution is 2.13. The van der Waals surface area contributed by atoms with Crippen molar-refractivity contribution in [2.24, 2.45) is 5.92 Å². The van der Waals surface area contributed by atoms with Gasteiger partial charge in [0.15, 0.2) is 9.84 Å². The van der Waals surface area contributed by atoms with Crippen molar-refractivity contribution in [3.8, 4) is 0 Å². The zero-order valence-electron chi connectivity index (χ0n) is 12.5. The summed E-state index contributed by atoms with van der Waals surface area (Å²) in [5, 5.41) is 3.38. The predicted molar refractivity (Wildman–Crippen MR) is 81.3 cm³/mol. The van der Waals surface area contributed by atoms with E-state index in [0.29, 0.717) is 18.1 Å². The first-order valence-corrected chi connectivity index (χ1v) is 9.53. The second-order valence-electron chi connectivity index (χ2n) is 5.65. The molecule has 1 aliphatic rings. The van der Waals surface area contributed by atoms with Gasteiger partial charge in [0.05, 0.1) is 5.75 Å². The van der Waals surface area contributed by atoms with E-state index in [2.05, 4.69) is 17.1 Å². The number of hydrogen-bond donors (Lipinski definition) is 1. The van der Waals surface area contributed by atoms with Gasteiger partial charge in [0, 0.05) is 18.8 Å². The number of piperidine rings is 1. The van der Waals surface area contributed by atoms with E-state index in [1.54, 1.807) is 0 Å². The minimum Gasteiger partial charge on any atom is -0.317 e. The highest BCUT2D eigenvalue weighted by atomic mass is 32.2. The lowest BCUT2D eigenvalue weighted by molar-refractivity contribution is 0.214. The molecule has 1 rings (SSSR count). The normalized spacial score (nSPS) is 18.1. The molecule has 1 saturated heterocycles. The van der Waals surface area contributed by atoms with Crippen LogP contribution >= 0.6 is 0 Å². The molecule has 0 atom stereocenters. The van der Waals surface area contributed by atoms with Gasteiger partial charge in [0.2, 0.25) is 0 Å². The number of nitrogens with one attached hydrogen (secondary N) is 1. The van der Waals surface area contributed by atoms with Crippen LogP contribution in [-0.2, 0) is 9.84 Å². The van der Waals surface area contributed by atoms with Gasteiger partial charge in [0.1, 0.15) is 0 Å². The molecule has 0 spiro atoms. The van der Waals surface area contributed by atoms with Crippen LogP contribution in [0, 0.1) is 5.92 Å². The third-order valence-electron chi connectivity index (χ3n) is 3.75. The second-order valence-corrected chi connectivity index (χ2v) is 7.95. The predicted octanol–water partition coefficient (Wildman–Crippen LogP) is 1.52. The van der Waals surface area contributed by atoms with Crippen LogP contribution in [0.1, 0.15) is 39.5 Å². The first-order chi connectivity index (χ1) is 9.07.